The van der Waals surface area contributed by atoms with Gasteiger partial charge >= 0.3 is 0 Å². The SMILES string of the molecule is C=C(C)[C@@H](N)c1cc2ccccc2o1. The molecule has 1 heterocycles. The van der Waals surface area contributed by atoms with Crippen LogP contribution in [0.2, 0.25) is 0 Å². The molecule has 14 heavy (non-hydrogen) atoms. The van der Waals surface area contributed by atoms with Crippen LogP contribution in [-0.2, 0) is 0 Å². The molecule has 0 aliphatic heterocycles. The average Bonchev–Trinajstić information content (AvgIpc) is 2.59. The third-order valence-corrected chi connectivity index (χ3v) is 2.28. The van der Waals surface area contributed by atoms with Crippen molar-refractivity contribution < 1.29 is 4.42 Å². The Morgan fingerprint density at radius 2 is 2.14 bits per heavy atom. The minimum absolute atomic E-state index is 0.206. The third-order valence-electron chi connectivity index (χ3n) is 2.28. The molecule has 2 heteroatoms. The van der Waals surface area contributed by atoms with E-state index in [-0.39, 0.29) is 6.04 Å². The van der Waals surface area contributed by atoms with Crippen molar-refractivity contribution in [2.45, 2.75) is 13.0 Å². The Morgan fingerprint density at radius 3 is 2.79 bits per heavy atom. The lowest BCUT2D eigenvalue weighted by atomic mass is 10.1. The summed E-state index contributed by atoms with van der Waals surface area (Å²) in [6.07, 6.45) is 0. The first kappa shape index (κ1) is 9.03. The highest BCUT2D eigenvalue weighted by molar-refractivity contribution is 5.77. The molecular formula is C12H13NO. The van der Waals surface area contributed by atoms with Crippen LogP contribution in [0.3, 0.4) is 0 Å². The predicted octanol–water partition coefficient (Wildman–Crippen LogP) is 3.01. The number of para-hydroxylation sites is 1. The molecule has 0 radical (unpaired) electrons. The van der Waals surface area contributed by atoms with Crippen molar-refractivity contribution in [3.63, 3.8) is 0 Å². The van der Waals surface area contributed by atoms with Crippen molar-refractivity contribution in [1.29, 1.82) is 0 Å². The van der Waals surface area contributed by atoms with Gasteiger partial charge in [0.2, 0.25) is 0 Å². The molecule has 1 aromatic heterocycles. The van der Waals surface area contributed by atoms with Crippen LogP contribution < -0.4 is 5.73 Å². The molecule has 0 bridgehead atoms. The van der Waals surface area contributed by atoms with Gasteiger partial charge in [0.1, 0.15) is 11.3 Å². The van der Waals surface area contributed by atoms with Crippen LogP contribution >= 0.6 is 0 Å². The number of hydrogen-bond acceptors (Lipinski definition) is 2. The number of furan rings is 1. The van der Waals surface area contributed by atoms with Crippen LogP contribution in [-0.4, -0.2) is 0 Å². The van der Waals surface area contributed by atoms with Crippen LogP contribution in [0.4, 0.5) is 0 Å². The van der Waals surface area contributed by atoms with Crippen molar-refractivity contribution in [2.75, 3.05) is 0 Å². The van der Waals surface area contributed by atoms with E-state index in [0.29, 0.717) is 0 Å². The second-order valence-electron chi connectivity index (χ2n) is 3.51. The van der Waals surface area contributed by atoms with Gasteiger partial charge in [0.15, 0.2) is 0 Å². The highest BCUT2D eigenvalue weighted by Crippen LogP contribution is 2.25. The zero-order valence-corrected chi connectivity index (χ0v) is 8.16. The third kappa shape index (κ3) is 1.44. The van der Waals surface area contributed by atoms with E-state index in [2.05, 4.69) is 6.58 Å². The molecule has 0 unspecified atom stereocenters. The first-order valence-electron chi connectivity index (χ1n) is 4.58. The lowest BCUT2D eigenvalue weighted by molar-refractivity contribution is 0.522. The van der Waals surface area contributed by atoms with E-state index in [0.717, 1.165) is 22.3 Å². The Hall–Kier alpha value is -1.54. The summed E-state index contributed by atoms with van der Waals surface area (Å²) < 4.78 is 5.61. The van der Waals surface area contributed by atoms with Crippen LogP contribution in [0.5, 0.6) is 0 Å². The maximum atomic E-state index is 5.91. The molecule has 0 aliphatic carbocycles. The minimum Gasteiger partial charge on any atom is -0.459 e. The number of hydrogen-bond donors (Lipinski definition) is 1. The maximum Gasteiger partial charge on any atom is 0.134 e. The molecular weight excluding hydrogens is 174 g/mol. The largest absolute Gasteiger partial charge is 0.459 e. The van der Waals surface area contributed by atoms with Gasteiger partial charge in [0, 0.05) is 5.39 Å². The Labute approximate surface area is 83.0 Å². The highest BCUT2D eigenvalue weighted by atomic mass is 16.3. The molecule has 2 rings (SSSR count). The number of rotatable bonds is 2. The van der Waals surface area contributed by atoms with E-state index in [1.54, 1.807) is 0 Å². The Kier molecular flexibility index (Phi) is 2.14. The second-order valence-corrected chi connectivity index (χ2v) is 3.51. The summed E-state index contributed by atoms with van der Waals surface area (Å²) in [5.74, 6) is 0.777. The van der Waals surface area contributed by atoms with E-state index in [1.807, 2.05) is 37.3 Å². The van der Waals surface area contributed by atoms with Gasteiger partial charge in [-0.05, 0) is 19.1 Å². The first-order chi connectivity index (χ1) is 6.68. The second kappa shape index (κ2) is 3.31. The van der Waals surface area contributed by atoms with E-state index in [1.165, 1.54) is 0 Å². The molecule has 0 amide bonds. The van der Waals surface area contributed by atoms with Crippen molar-refractivity contribution in [1.82, 2.24) is 0 Å². The Balaban J connectivity index is 2.50. The molecule has 0 saturated carbocycles. The number of nitrogens with two attached hydrogens (primary N) is 1. The molecule has 1 aromatic carbocycles. The maximum absolute atomic E-state index is 5.91. The highest BCUT2D eigenvalue weighted by Gasteiger charge is 2.11. The summed E-state index contributed by atoms with van der Waals surface area (Å²) in [6, 6.07) is 9.63. The van der Waals surface area contributed by atoms with Crippen LogP contribution in [0.25, 0.3) is 11.0 Å². The summed E-state index contributed by atoms with van der Waals surface area (Å²) in [6.45, 7) is 5.72. The smallest absolute Gasteiger partial charge is 0.134 e. The van der Waals surface area contributed by atoms with Gasteiger partial charge in [0.25, 0.3) is 0 Å². The monoisotopic (exact) mass is 187 g/mol. The van der Waals surface area contributed by atoms with Crippen molar-refractivity contribution >= 4 is 11.0 Å². The van der Waals surface area contributed by atoms with Gasteiger partial charge in [-0.25, -0.2) is 0 Å². The molecule has 2 aromatic rings. The summed E-state index contributed by atoms with van der Waals surface area (Å²) >= 11 is 0. The average molecular weight is 187 g/mol. The molecule has 0 saturated heterocycles. The van der Waals surface area contributed by atoms with Gasteiger partial charge in [-0.15, -0.1) is 0 Å². The Bertz CT molecular complexity index is 437. The minimum atomic E-state index is -0.206. The van der Waals surface area contributed by atoms with Gasteiger partial charge in [-0.2, -0.15) is 0 Å². The van der Waals surface area contributed by atoms with Crippen molar-refractivity contribution in [3.05, 3.63) is 48.2 Å². The quantitative estimate of drug-likeness (QED) is 0.734. The molecule has 2 N–H and O–H groups in total. The molecule has 72 valence electrons. The normalized spacial score (nSPS) is 13.0. The molecule has 2 nitrogen and oxygen atoms in total. The molecule has 0 spiro atoms. The Morgan fingerprint density at radius 1 is 1.43 bits per heavy atom. The van der Waals surface area contributed by atoms with E-state index < -0.39 is 0 Å². The zero-order valence-electron chi connectivity index (χ0n) is 8.16. The van der Waals surface area contributed by atoms with Crippen LogP contribution in [0.15, 0.2) is 46.9 Å². The topological polar surface area (TPSA) is 39.2 Å². The summed E-state index contributed by atoms with van der Waals surface area (Å²) in [7, 11) is 0. The number of benzene rings is 1. The molecule has 0 fully saturated rings. The van der Waals surface area contributed by atoms with Gasteiger partial charge < -0.3 is 10.2 Å². The fourth-order valence-corrected chi connectivity index (χ4v) is 1.40. The van der Waals surface area contributed by atoms with Crippen LogP contribution in [0.1, 0.15) is 18.7 Å². The van der Waals surface area contributed by atoms with Crippen LogP contribution in [0, 0.1) is 0 Å². The lowest BCUT2D eigenvalue weighted by Crippen LogP contribution is -2.09. The zero-order chi connectivity index (χ0) is 10.1. The summed E-state index contributed by atoms with van der Waals surface area (Å²) in [4.78, 5) is 0. The molecule has 1 atom stereocenters. The fourth-order valence-electron chi connectivity index (χ4n) is 1.40. The van der Waals surface area contributed by atoms with Gasteiger partial charge in [-0.1, -0.05) is 30.4 Å². The van der Waals surface area contributed by atoms with Gasteiger partial charge in [-0.3, -0.25) is 0 Å². The predicted molar refractivity (Wildman–Crippen MR) is 58.0 cm³/mol. The standard InChI is InChI=1S/C12H13NO/c1-8(2)12(13)11-7-9-5-3-4-6-10(9)14-11/h3-7,12H,1,13H2,2H3/t12-/m1/s1. The summed E-state index contributed by atoms with van der Waals surface area (Å²) in [5.41, 5.74) is 7.69. The molecule has 0 aliphatic rings. The van der Waals surface area contributed by atoms with E-state index in [9.17, 15) is 0 Å². The number of fused-ring (bicyclic) bond motifs is 1. The van der Waals surface area contributed by atoms with Crippen molar-refractivity contribution in [3.8, 4) is 0 Å². The van der Waals surface area contributed by atoms with E-state index in [4.69, 9.17) is 10.2 Å². The summed E-state index contributed by atoms with van der Waals surface area (Å²) in [5, 5.41) is 1.08. The van der Waals surface area contributed by atoms with E-state index >= 15 is 0 Å². The fraction of sp³-hybridized carbons (Fsp3) is 0.167. The first-order valence-corrected chi connectivity index (χ1v) is 4.58. The van der Waals surface area contributed by atoms with Gasteiger partial charge in [0.05, 0.1) is 6.04 Å². The lowest BCUT2D eigenvalue weighted by Gasteiger charge is -2.06. The van der Waals surface area contributed by atoms with Crippen molar-refractivity contribution in [2.24, 2.45) is 5.73 Å².